The van der Waals surface area contributed by atoms with Crippen LogP contribution < -0.4 is 0 Å². The number of aliphatic hydroxyl groups is 3. The number of ether oxygens (including phenoxy) is 3. The van der Waals surface area contributed by atoms with Gasteiger partial charge >= 0.3 is 5.97 Å². The zero-order chi connectivity index (χ0) is 16.3. The first-order valence-corrected chi connectivity index (χ1v) is 6.62. The fraction of sp³-hybridized carbons (Fsp3) is 0.500. The predicted octanol–water partition coefficient (Wildman–Crippen LogP) is -0.997. The Morgan fingerprint density at radius 3 is 2.36 bits per heavy atom. The van der Waals surface area contributed by atoms with E-state index in [4.69, 9.17) is 19.3 Å². The molecule has 1 saturated heterocycles. The molecule has 1 fully saturated rings. The fourth-order valence-corrected chi connectivity index (χ4v) is 2.09. The first-order chi connectivity index (χ1) is 10.4. The van der Waals surface area contributed by atoms with Gasteiger partial charge in [0.25, 0.3) is 0 Å². The number of methoxy groups -OCH3 is 1. The molecule has 0 spiro atoms. The maximum atomic E-state index is 11.8. The van der Waals surface area contributed by atoms with Crippen LogP contribution in [-0.4, -0.2) is 70.8 Å². The molecule has 22 heavy (non-hydrogen) atoms. The number of esters is 1. The minimum Gasteiger partial charge on any atom is -0.508 e. The predicted molar refractivity (Wildman–Crippen MR) is 72.1 cm³/mol. The second-order valence-corrected chi connectivity index (χ2v) is 4.90. The quantitative estimate of drug-likeness (QED) is 0.522. The summed E-state index contributed by atoms with van der Waals surface area (Å²) in [6, 6.07) is 5.44. The van der Waals surface area contributed by atoms with Gasteiger partial charge in [-0.2, -0.15) is 0 Å². The standard InChI is InChI=1S/C14H18O8/c1-20-14-12(18)11(17)10(16)9(22-14)6-21-13(19)7-2-4-8(15)5-3-7/h2-5,9-12,14-18H,6H2,1H3/t9-,10-,11+,12-,14-/m1/s1. The van der Waals surface area contributed by atoms with Gasteiger partial charge in [-0.05, 0) is 24.3 Å². The SMILES string of the molecule is CO[C@@H]1O[C@H](COC(=O)c2ccc(O)cc2)[C@@H](O)[C@H](O)[C@H]1O. The number of hydrogen-bond acceptors (Lipinski definition) is 8. The number of benzene rings is 1. The first kappa shape index (κ1) is 16.7. The zero-order valence-corrected chi connectivity index (χ0v) is 11.8. The van der Waals surface area contributed by atoms with Crippen molar-refractivity contribution in [2.75, 3.05) is 13.7 Å². The Morgan fingerprint density at radius 1 is 1.14 bits per heavy atom. The average molecular weight is 314 g/mol. The van der Waals surface area contributed by atoms with Gasteiger partial charge in [0.15, 0.2) is 6.29 Å². The summed E-state index contributed by atoms with van der Waals surface area (Å²) in [5.41, 5.74) is 0.215. The molecule has 0 saturated carbocycles. The van der Waals surface area contributed by atoms with Crippen LogP contribution in [0.15, 0.2) is 24.3 Å². The zero-order valence-electron chi connectivity index (χ0n) is 11.8. The Labute approximate surface area is 126 Å². The largest absolute Gasteiger partial charge is 0.508 e. The number of rotatable bonds is 4. The van der Waals surface area contributed by atoms with Crippen LogP contribution in [0.25, 0.3) is 0 Å². The molecule has 8 heteroatoms. The van der Waals surface area contributed by atoms with Crippen molar-refractivity contribution in [1.29, 1.82) is 0 Å². The Bertz CT molecular complexity index is 500. The van der Waals surface area contributed by atoms with E-state index in [0.717, 1.165) is 0 Å². The molecule has 8 nitrogen and oxygen atoms in total. The van der Waals surface area contributed by atoms with Gasteiger partial charge in [0, 0.05) is 7.11 Å². The molecule has 1 aromatic carbocycles. The van der Waals surface area contributed by atoms with Crippen LogP contribution >= 0.6 is 0 Å². The van der Waals surface area contributed by atoms with Crippen molar-refractivity contribution in [2.24, 2.45) is 0 Å². The number of phenolic OH excluding ortho intramolecular Hbond substituents is 1. The van der Waals surface area contributed by atoms with E-state index < -0.39 is 36.7 Å². The Morgan fingerprint density at radius 2 is 1.77 bits per heavy atom. The van der Waals surface area contributed by atoms with E-state index in [-0.39, 0.29) is 17.9 Å². The van der Waals surface area contributed by atoms with Gasteiger partial charge in [-0.1, -0.05) is 0 Å². The van der Waals surface area contributed by atoms with Gasteiger partial charge in [0.2, 0.25) is 0 Å². The van der Waals surface area contributed by atoms with E-state index in [1.54, 1.807) is 0 Å². The average Bonchev–Trinajstić information content (AvgIpc) is 2.52. The summed E-state index contributed by atoms with van der Waals surface area (Å²) in [5.74, 6) is -0.659. The fourth-order valence-electron chi connectivity index (χ4n) is 2.09. The first-order valence-electron chi connectivity index (χ1n) is 6.62. The number of carbonyl (C=O) groups excluding carboxylic acids is 1. The molecule has 4 N–H and O–H groups in total. The number of aliphatic hydroxyl groups excluding tert-OH is 3. The molecule has 1 aliphatic rings. The smallest absolute Gasteiger partial charge is 0.338 e. The van der Waals surface area contributed by atoms with Crippen molar-refractivity contribution in [3.63, 3.8) is 0 Å². The van der Waals surface area contributed by atoms with Gasteiger partial charge in [-0.3, -0.25) is 0 Å². The lowest BCUT2D eigenvalue weighted by molar-refractivity contribution is -0.294. The molecule has 0 unspecified atom stereocenters. The Hall–Kier alpha value is -1.71. The molecule has 5 atom stereocenters. The number of aromatic hydroxyl groups is 1. The topological polar surface area (TPSA) is 126 Å². The van der Waals surface area contributed by atoms with E-state index in [9.17, 15) is 20.1 Å². The Balaban J connectivity index is 1.95. The van der Waals surface area contributed by atoms with Crippen LogP contribution in [0.5, 0.6) is 5.75 Å². The van der Waals surface area contributed by atoms with Crippen LogP contribution in [0.1, 0.15) is 10.4 Å². The van der Waals surface area contributed by atoms with Gasteiger partial charge in [-0.25, -0.2) is 4.79 Å². The van der Waals surface area contributed by atoms with E-state index in [0.29, 0.717) is 0 Å². The summed E-state index contributed by atoms with van der Waals surface area (Å²) < 4.78 is 15.1. The third kappa shape index (κ3) is 3.54. The highest BCUT2D eigenvalue weighted by atomic mass is 16.7. The number of hydrogen-bond donors (Lipinski definition) is 4. The lowest BCUT2D eigenvalue weighted by atomic mass is 9.99. The van der Waals surface area contributed by atoms with Crippen LogP contribution in [0.2, 0.25) is 0 Å². The Kier molecular flexibility index (Phi) is 5.33. The van der Waals surface area contributed by atoms with Gasteiger partial charge in [0.05, 0.1) is 5.56 Å². The molecule has 1 aromatic rings. The summed E-state index contributed by atoms with van der Waals surface area (Å²) in [6.45, 7) is -0.329. The lowest BCUT2D eigenvalue weighted by Gasteiger charge is -2.39. The summed E-state index contributed by atoms with van der Waals surface area (Å²) in [6.07, 6.45) is -6.46. The molecule has 0 bridgehead atoms. The van der Waals surface area contributed by atoms with Crippen LogP contribution in [0.3, 0.4) is 0 Å². The maximum absolute atomic E-state index is 11.8. The highest BCUT2D eigenvalue weighted by molar-refractivity contribution is 5.89. The van der Waals surface area contributed by atoms with E-state index in [1.807, 2.05) is 0 Å². The van der Waals surface area contributed by atoms with Crippen molar-refractivity contribution in [1.82, 2.24) is 0 Å². The molecule has 2 rings (SSSR count). The van der Waals surface area contributed by atoms with Gasteiger partial charge in [0.1, 0.15) is 36.8 Å². The molecule has 1 aliphatic heterocycles. The van der Waals surface area contributed by atoms with Crippen LogP contribution in [0, 0.1) is 0 Å². The number of carbonyl (C=O) groups is 1. The highest BCUT2D eigenvalue weighted by Gasteiger charge is 2.44. The van der Waals surface area contributed by atoms with Crippen molar-refractivity contribution < 1.29 is 39.4 Å². The molecule has 0 amide bonds. The molecular weight excluding hydrogens is 296 g/mol. The van der Waals surface area contributed by atoms with Gasteiger partial charge in [-0.15, -0.1) is 0 Å². The minimum absolute atomic E-state index is 0.0163. The molecule has 0 aromatic heterocycles. The molecule has 0 aliphatic carbocycles. The van der Waals surface area contributed by atoms with E-state index >= 15 is 0 Å². The highest BCUT2D eigenvalue weighted by Crippen LogP contribution is 2.22. The summed E-state index contributed by atoms with van der Waals surface area (Å²) >= 11 is 0. The lowest BCUT2D eigenvalue weighted by Crippen LogP contribution is -2.59. The summed E-state index contributed by atoms with van der Waals surface area (Å²) in [7, 11) is 1.28. The number of phenols is 1. The van der Waals surface area contributed by atoms with Crippen molar-refractivity contribution in [2.45, 2.75) is 30.7 Å². The van der Waals surface area contributed by atoms with Crippen LogP contribution in [0.4, 0.5) is 0 Å². The van der Waals surface area contributed by atoms with Crippen LogP contribution in [-0.2, 0) is 14.2 Å². The van der Waals surface area contributed by atoms with Crippen molar-refractivity contribution in [3.8, 4) is 5.75 Å². The molecule has 122 valence electrons. The van der Waals surface area contributed by atoms with Gasteiger partial charge < -0.3 is 34.6 Å². The van der Waals surface area contributed by atoms with E-state index in [1.165, 1.54) is 31.4 Å². The minimum atomic E-state index is -1.48. The molecular formula is C14H18O8. The summed E-state index contributed by atoms with van der Waals surface area (Å²) in [4.78, 5) is 11.8. The van der Waals surface area contributed by atoms with Crippen molar-refractivity contribution >= 4 is 5.97 Å². The monoisotopic (exact) mass is 314 g/mol. The summed E-state index contributed by atoms with van der Waals surface area (Å²) in [5, 5.41) is 38.3. The second-order valence-electron chi connectivity index (χ2n) is 4.90. The second kappa shape index (κ2) is 7.03. The third-order valence-corrected chi connectivity index (χ3v) is 3.38. The normalized spacial score (nSPS) is 31.7. The van der Waals surface area contributed by atoms with E-state index in [2.05, 4.69) is 0 Å². The van der Waals surface area contributed by atoms with Crippen molar-refractivity contribution in [3.05, 3.63) is 29.8 Å². The third-order valence-electron chi connectivity index (χ3n) is 3.38. The molecule has 1 heterocycles. The molecule has 0 radical (unpaired) electrons. The maximum Gasteiger partial charge on any atom is 0.338 e.